The summed E-state index contributed by atoms with van der Waals surface area (Å²) in [5.41, 5.74) is 0. The first kappa shape index (κ1) is 8.86. The van der Waals surface area contributed by atoms with Crippen LogP contribution in [0.5, 0.6) is 0 Å². The molecule has 0 unspecified atom stereocenters. The average molecular weight is 345 g/mol. The van der Waals surface area contributed by atoms with E-state index in [1.165, 1.54) is 0 Å². The van der Waals surface area contributed by atoms with Gasteiger partial charge in [-0.25, -0.2) is 0 Å². The zero-order valence-electron chi connectivity index (χ0n) is 3.65. The van der Waals surface area contributed by atoms with Crippen molar-refractivity contribution in [1.82, 2.24) is 0 Å². The predicted molar refractivity (Wildman–Crippen MR) is 17.7 cm³/mol. The zero-order chi connectivity index (χ0) is 4.12. The van der Waals surface area contributed by atoms with Crippen molar-refractivity contribution in [3.8, 4) is 0 Å². The van der Waals surface area contributed by atoms with Gasteiger partial charge in [-0.05, 0) is 6.42 Å². The molecule has 0 aromatic heterocycles. The Balaban J connectivity index is 0. The van der Waals surface area contributed by atoms with E-state index in [2.05, 4.69) is 0 Å². The molecule has 0 amide bonds. The van der Waals surface area contributed by atoms with Crippen LogP contribution >= 0.6 is 0 Å². The van der Waals surface area contributed by atoms with Gasteiger partial charge >= 0.3 is 0 Å². The quantitative estimate of drug-likeness (QED) is 0.766. The molecule has 0 spiro atoms. The van der Waals surface area contributed by atoms with Crippen LogP contribution in [0.1, 0.15) is 6.42 Å². The van der Waals surface area contributed by atoms with Crippen molar-refractivity contribution in [2.45, 2.75) is 6.42 Å². The van der Waals surface area contributed by atoms with Gasteiger partial charge in [0.1, 0.15) is 0 Å². The molecule has 0 aliphatic rings. The van der Waals surface area contributed by atoms with Crippen LogP contribution in [0, 0.1) is 0 Å². The molecule has 0 radical (unpaired) electrons. The van der Waals surface area contributed by atoms with Crippen molar-refractivity contribution < 1.29 is 9.50 Å². The monoisotopic (exact) mass is 345 g/mol. The Morgan fingerprint density at radius 1 is 1.50 bits per heavy atom. The summed E-state index contributed by atoms with van der Waals surface area (Å²) in [6, 6.07) is 0. The molecule has 0 rings (SSSR count). The van der Waals surface area contributed by atoms with Gasteiger partial charge in [-0.1, -0.05) is 0 Å². The fraction of sp³-hybridized carbons (Fsp3) is 1.00. The predicted octanol–water partition coefficient (Wildman–Crippen LogP) is 0.338. The number of hydrogen-bond acceptors (Lipinski definition) is 1. The summed E-state index contributed by atoms with van der Waals surface area (Å²) in [7, 11) is 0. The van der Waals surface area contributed by atoms with E-state index in [9.17, 15) is 4.39 Å². The van der Waals surface area contributed by atoms with Crippen molar-refractivity contribution >= 4 is 0 Å². The fourth-order valence-corrected chi connectivity index (χ4v) is 0.0598. The van der Waals surface area contributed by atoms with Crippen LogP contribution in [-0.2, 0) is 0 Å². The van der Waals surface area contributed by atoms with Gasteiger partial charge in [0.2, 0.25) is 0 Å². The van der Waals surface area contributed by atoms with E-state index in [4.69, 9.17) is 5.11 Å². The SMILES string of the molecule is OCCCF.[Rf]. The van der Waals surface area contributed by atoms with E-state index < -0.39 is 6.67 Å². The minimum atomic E-state index is -0.406. The van der Waals surface area contributed by atoms with Crippen LogP contribution in [0.4, 0.5) is 4.39 Å². The molecule has 0 atom stereocenters. The Hall–Kier alpha value is -1.11. The van der Waals surface area contributed by atoms with Gasteiger partial charge in [0, 0.05) is 6.61 Å². The first-order valence-corrected chi connectivity index (χ1v) is 1.58. The van der Waals surface area contributed by atoms with Gasteiger partial charge in [0.05, 0.1) is 6.67 Å². The largest absolute Gasteiger partial charge is 0.396 e. The Kier molecular flexibility index (Phi) is 13.4. The van der Waals surface area contributed by atoms with E-state index >= 15 is 0 Å². The molecule has 0 aromatic rings. The molecule has 1 nitrogen and oxygen atoms in total. The van der Waals surface area contributed by atoms with Crippen molar-refractivity contribution in [3.63, 3.8) is 0 Å². The second-order valence-corrected chi connectivity index (χ2v) is 0.766. The number of alkyl halides is 1. The first-order valence-electron chi connectivity index (χ1n) is 1.58. The molecule has 3 heteroatoms. The molecule has 0 bridgehead atoms. The number of halogens is 1. The minimum Gasteiger partial charge on any atom is -0.396 e. The second kappa shape index (κ2) is 9.10. The summed E-state index contributed by atoms with van der Waals surface area (Å²) in [5, 5.41) is 7.83. The van der Waals surface area contributed by atoms with E-state index in [0.29, 0.717) is 0 Å². The van der Waals surface area contributed by atoms with E-state index in [1.54, 1.807) is 0 Å². The van der Waals surface area contributed by atoms with Crippen LogP contribution < -0.4 is 0 Å². The van der Waals surface area contributed by atoms with Crippen molar-refractivity contribution in [3.05, 3.63) is 0 Å². The fourth-order valence-electron chi connectivity index (χ4n) is 0.0598. The number of aliphatic hydroxyl groups is 1. The maximum Gasteiger partial charge on any atom is 0.0916 e. The van der Waals surface area contributed by atoms with Gasteiger partial charge in [-0.2, -0.15) is 0 Å². The summed E-state index contributed by atoms with van der Waals surface area (Å²) < 4.78 is 10.8. The van der Waals surface area contributed by atoms with Crippen LogP contribution in [0.2, 0.25) is 0 Å². The normalized spacial score (nSPS) is 7.00. The van der Waals surface area contributed by atoms with Gasteiger partial charge < -0.3 is 5.11 Å². The summed E-state index contributed by atoms with van der Waals surface area (Å²) in [5.74, 6) is 0. The molecule has 0 aromatic carbocycles. The molecule has 0 saturated carbocycles. The Morgan fingerprint density at radius 2 is 2.00 bits per heavy atom. The summed E-state index contributed by atoms with van der Waals surface area (Å²) in [4.78, 5) is 0. The summed E-state index contributed by atoms with van der Waals surface area (Å²) in [6.07, 6.45) is 0.278. The van der Waals surface area contributed by atoms with Gasteiger partial charge in [-0.3, -0.25) is 4.39 Å². The topological polar surface area (TPSA) is 20.2 Å². The van der Waals surface area contributed by atoms with E-state index in [0.717, 1.165) is 0 Å². The Labute approximate surface area is 30.4 Å². The molecular formula is C3H7FORf. The Morgan fingerprint density at radius 3 is 2.00 bits per heavy atom. The smallest absolute Gasteiger partial charge is 0.0916 e. The average Bonchev–Trinajstić information content (AvgIpc) is 1.41. The summed E-state index contributed by atoms with van der Waals surface area (Å²) in [6.45, 7) is -0.438. The van der Waals surface area contributed by atoms with Gasteiger partial charge in [-0.15, -0.1) is 0 Å². The first-order chi connectivity index (χ1) is 2.41. The Bertz CT molecular complexity index is 18.3. The van der Waals surface area contributed by atoms with Crippen LogP contribution in [0.3, 0.4) is 0 Å². The maximum absolute atomic E-state index is 10.8. The standard InChI is InChI=1S/C3H7FO.Rf/c4-2-1-3-5;/h5H,1-3H2;. The molecular weight excluding hydrogens is 338 g/mol. The second-order valence-electron chi connectivity index (χ2n) is 0.766. The number of aliphatic hydroxyl groups excluding tert-OH is 1. The van der Waals surface area contributed by atoms with E-state index in [1.807, 2.05) is 0 Å². The van der Waals surface area contributed by atoms with Crippen molar-refractivity contribution in [2.24, 2.45) is 0 Å². The zero-order valence-corrected chi connectivity index (χ0v) is 10.1. The van der Waals surface area contributed by atoms with E-state index in [-0.39, 0.29) is 13.0 Å². The van der Waals surface area contributed by atoms with Crippen molar-refractivity contribution in [1.29, 1.82) is 0 Å². The van der Waals surface area contributed by atoms with Crippen LogP contribution in [-0.4, -0.2) is 18.4 Å². The molecule has 0 heterocycles. The molecule has 0 saturated heterocycles. The molecule has 6 heavy (non-hydrogen) atoms. The third-order valence-corrected chi connectivity index (χ3v) is 0.292. The number of hydrogen-bond donors (Lipinski definition) is 1. The summed E-state index contributed by atoms with van der Waals surface area (Å²) >= 11 is 0. The van der Waals surface area contributed by atoms with Crippen molar-refractivity contribution in [2.75, 3.05) is 13.3 Å². The molecule has 0 aliphatic heterocycles. The molecule has 0 fully saturated rings. The third-order valence-electron chi connectivity index (χ3n) is 0.292. The third kappa shape index (κ3) is 13.0. The van der Waals surface area contributed by atoms with Gasteiger partial charge in [0.25, 0.3) is 0 Å². The number of rotatable bonds is 2. The van der Waals surface area contributed by atoms with Crippen LogP contribution in [0.15, 0.2) is 0 Å². The van der Waals surface area contributed by atoms with Crippen LogP contribution in [0.25, 0.3) is 0 Å². The molecule has 1 N–H and O–H groups in total. The molecule has 0 aliphatic carbocycles. The van der Waals surface area contributed by atoms with Gasteiger partial charge in [0.15, 0.2) is 0 Å². The molecule has 34 valence electrons. The maximum atomic E-state index is 10.8. The minimum absolute atomic E-state index is 0.